The Morgan fingerprint density at radius 3 is 2.65 bits per heavy atom. The van der Waals surface area contributed by atoms with Gasteiger partial charge in [-0.2, -0.15) is 24.5 Å². The van der Waals surface area contributed by atoms with Crippen LogP contribution in [0.2, 0.25) is 0 Å². The van der Waals surface area contributed by atoms with Crippen LogP contribution in [0.3, 0.4) is 0 Å². The summed E-state index contributed by atoms with van der Waals surface area (Å²) in [5.74, 6) is -0.459. The van der Waals surface area contributed by atoms with Gasteiger partial charge in [-0.3, -0.25) is 9.69 Å². The molecule has 1 saturated heterocycles. The van der Waals surface area contributed by atoms with E-state index in [4.69, 9.17) is 4.74 Å². The van der Waals surface area contributed by atoms with Crippen LogP contribution in [0.25, 0.3) is 0 Å². The number of halogens is 3. The van der Waals surface area contributed by atoms with Crippen molar-refractivity contribution in [2.75, 3.05) is 49.6 Å². The van der Waals surface area contributed by atoms with Gasteiger partial charge in [0, 0.05) is 48.5 Å². The number of hydrogen-bond donors (Lipinski definition) is 1. The Morgan fingerprint density at radius 1 is 1.15 bits per heavy atom. The lowest BCUT2D eigenvalue weighted by molar-refractivity contribution is -0.137. The number of carbonyl (C=O) groups excluding carboxylic acids is 1. The molecule has 1 fully saturated rings. The number of aryl methyl sites for hydroxylation is 1. The van der Waals surface area contributed by atoms with Gasteiger partial charge in [0.1, 0.15) is 0 Å². The number of nitrogens with one attached hydrogen (secondary N) is 1. The quantitative estimate of drug-likeness (QED) is 0.456. The molecule has 1 aliphatic heterocycles. The second kappa shape index (κ2) is 10.6. The van der Waals surface area contributed by atoms with Crippen molar-refractivity contribution < 1.29 is 22.7 Å². The zero-order chi connectivity index (χ0) is 24.1. The summed E-state index contributed by atoms with van der Waals surface area (Å²) in [5, 5.41) is 6.67. The molecule has 1 N–H and O–H groups in total. The number of hydrogen-bond acceptors (Lipinski definition) is 5. The lowest BCUT2D eigenvalue weighted by atomic mass is 10.1. The highest BCUT2D eigenvalue weighted by molar-refractivity contribution is 7.08. The van der Waals surface area contributed by atoms with Gasteiger partial charge in [-0.1, -0.05) is 12.1 Å². The summed E-state index contributed by atoms with van der Waals surface area (Å²) in [4.78, 5) is 17.5. The van der Waals surface area contributed by atoms with E-state index in [0.29, 0.717) is 5.56 Å². The van der Waals surface area contributed by atoms with Gasteiger partial charge in [-0.25, -0.2) is 0 Å². The Labute approximate surface area is 200 Å². The van der Waals surface area contributed by atoms with Gasteiger partial charge < -0.3 is 15.0 Å². The normalized spacial score (nSPS) is 14.7. The SMILES string of the molecule is Cc1ccc(C(=O)Nc2cccc(C(F)(F)F)c2)cc1N(CCN1CCOCC1)c1ccsc1. The molecule has 2 heterocycles. The molecule has 0 radical (unpaired) electrons. The number of nitrogens with zero attached hydrogens (tertiary/aromatic N) is 2. The van der Waals surface area contributed by atoms with Crippen LogP contribution in [0, 0.1) is 6.92 Å². The van der Waals surface area contributed by atoms with E-state index in [0.717, 1.165) is 68.5 Å². The van der Waals surface area contributed by atoms with Crippen molar-refractivity contribution in [1.29, 1.82) is 0 Å². The van der Waals surface area contributed by atoms with Crippen molar-refractivity contribution in [3.05, 3.63) is 76.0 Å². The molecule has 1 aliphatic rings. The molecule has 0 aliphatic carbocycles. The second-order valence-corrected chi connectivity index (χ2v) is 8.90. The topological polar surface area (TPSA) is 44.8 Å². The summed E-state index contributed by atoms with van der Waals surface area (Å²) >= 11 is 1.60. The van der Waals surface area contributed by atoms with Crippen LogP contribution in [0.1, 0.15) is 21.5 Å². The zero-order valence-corrected chi connectivity index (χ0v) is 19.6. The number of carbonyl (C=O) groups is 1. The fraction of sp³-hybridized carbons (Fsp3) is 0.320. The predicted molar refractivity (Wildman–Crippen MR) is 129 cm³/mol. The maximum atomic E-state index is 13.0. The molecule has 0 unspecified atom stereocenters. The van der Waals surface area contributed by atoms with E-state index in [1.165, 1.54) is 12.1 Å². The monoisotopic (exact) mass is 489 g/mol. The molecule has 180 valence electrons. The summed E-state index contributed by atoms with van der Waals surface area (Å²) in [5.41, 5.74) is 2.61. The van der Waals surface area contributed by atoms with Crippen molar-refractivity contribution in [2.24, 2.45) is 0 Å². The van der Waals surface area contributed by atoms with Crippen molar-refractivity contribution in [3.63, 3.8) is 0 Å². The molecule has 34 heavy (non-hydrogen) atoms. The fourth-order valence-corrected chi connectivity index (χ4v) is 4.53. The Hall–Kier alpha value is -2.88. The molecule has 1 aromatic heterocycles. The summed E-state index contributed by atoms with van der Waals surface area (Å²) in [6.07, 6.45) is -4.47. The van der Waals surface area contributed by atoms with Crippen LogP contribution < -0.4 is 10.2 Å². The summed E-state index contributed by atoms with van der Waals surface area (Å²) in [7, 11) is 0. The molecule has 5 nitrogen and oxygen atoms in total. The van der Waals surface area contributed by atoms with Crippen molar-refractivity contribution >= 4 is 34.3 Å². The standard InChI is InChI=1S/C25H26F3N3O2S/c1-18-5-6-19(24(32)29-21-4-2-3-20(16-21)25(26,27)28)15-23(18)31(22-7-14-34-17-22)9-8-30-10-12-33-13-11-30/h2-7,14-17H,8-13H2,1H3,(H,29,32). The van der Waals surface area contributed by atoms with Crippen LogP contribution in [0.15, 0.2) is 59.3 Å². The van der Waals surface area contributed by atoms with Crippen molar-refractivity contribution in [2.45, 2.75) is 13.1 Å². The number of thiophene rings is 1. The summed E-state index contributed by atoms with van der Waals surface area (Å²) in [6.45, 7) is 6.78. The van der Waals surface area contributed by atoms with E-state index < -0.39 is 17.6 Å². The molecular weight excluding hydrogens is 463 g/mol. The number of alkyl halides is 3. The molecule has 2 aromatic carbocycles. The minimum atomic E-state index is -4.47. The smallest absolute Gasteiger partial charge is 0.379 e. The summed E-state index contributed by atoms with van der Waals surface area (Å²) < 4.78 is 44.5. The average molecular weight is 490 g/mol. The van der Waals surface area contributed by atoms with Crippen LogP contribution in [-0.2, 0) is 10.9 Å². The number of morpholine rings is 1. The van der Waals surface area contributed by atoms with Crippen molar-refractivity contribution in [1.82, 2.24) is 4.90 Å². The first-order valence-corrected chi connectivity index (χ1v) is 11.9. The molecule has 0 atom stereocenters. The Bertz CT molecular complexity index is 1110. The number of benzene rings is 2. The first-order valence-electron chi connectivity index (χ1n) is 11.0. The highest BCUT2D eigenvalue weighted by atomic mass is 32.1. The van der Waals surface area contributed by atoms with Gasteiger partial charge in [0.25, 0.3) is 5.91 Å². The minimum absolute atomic E-state index is 0.101. The van der Waals surface area contributed by atoms with Gasteiger partial charge in [0.05, 0.1) is 24.5 Å². The van der Waals surface area contributed by atoms with E-state index >= 15 is 0 Å². The van der Waals surface area contributed by atoms with E-state index in [1.54, 1.807) is 23.5 Å². The van der Waals surface area contributed by atoms with E-state index in [9.17, 15) is 18.0 Å². The maximum absolute atomic E-state index is 13.0. The van der Waals surface area contributed by atoms with E-state index in [1.807, 2.05) is 24.4 Å². The van der Waals surface area contributed by atoms with Gasteiger partial charge in [-0.05, 0) is 54.3 Å². The first kappa shape index (κ1) is 24.3. The lowest BCUT2D eigenvalue weighted by Crippen LogP contribution is -2.40. The third kappa shape index (κ3) is 5.97. The third-order valence-corrected chi connectivity index (χ3v) is 6.44. The lowest BCUT2D eigenvalue weighted by Gasteiger charge is -2.31. The first-order chi connectivity index (χ1) is 16.3. The summed E-state index contributed by atoms with van der Waals surface area (Å²) in [6, 6.07) is 12.0. The Morgan fingerprint density at radius 2 is 1.94 bits per heavy atom. The fourth-order valence-electron chi connectivity index (χ4n) is 3.88. The van der Waals surface area contributed by atoms with Crippen LogP contribution in [-0.4, -0.2) is 50.2 Å². The van der Waals surface area contributed by atoms with Crippen LogP contribution in [0.4, 0.5) is 30.2 Å². The van der Waals surface area contributed by atoms with Gasteiger partial charge in [0.15, 0.2) is 0 Å². The molecule has 9 heteroatoms. The zero-order valence-electron chi connectivity index (χ0n) is 18.8. The van der Waals surface area contributed by atoms with E-state index in [-0.39, 0.29) is 5.69 Å². The molecule has 4 rings (SSSR count). The highest BCUT2D eigenvalue weighted by Gasteiger charge is 2.30. The highest BCUT2D eigenvalue weighted by Crippen LogP contribution is 2.32. The van der Waals surface area contributed by atoms with Crippen LogP contribution >= 0.6 is 11.3 Å². The second-order valence-electron chi connectivity index (χ2n) is 8.12. The van der Waals surface area contributed by atoms with Crippen LogP contribution in [0.5, 0.6) is 0 Å². The molecule has 3 aromatic rings. The van der Waals surface area contributed by atoms with E-state index in [2.05, 4.69) is 20.5 Å². The van der Waals surface area contributed by atoms with Gasteiger partial charge in [-0.15, -0.1) is 0 Å². The molecule has 0 saturated carbocycles. The predicted octanol–water partition coefficient (Wildman–Crippen LogP) is 5.80. The minimum Gasteiger partial charge on any atom is -0.379 e. The molecular formula is C25H26F3N3O2S. The Kier molecular flexibility index (Phi) is 7.55. The number of rotatable bonds is 7. The third-order valence-electron chi connectivity index (χ3n) is 5.77. The molecule has 0 spiro atoms. The van der Waals surface area contributed by atoms with Gasteiger partial charge in [0.2, 0.25) is 0 Å². The molecule has 0 bridgehead atoms. The number of ether oxygens (including phenoxy) is 1. The van der Waals surface area contributed by atoms with Gasteiger partial charge >= 0.3 is 6.18 Å². The maximum Gasteiger partial charge on any atom is 0.416 e. The average Bonchev–Trinajstić information content (AvgIpc) is 3.35. The molecule has 1 amide bonds. The number of amides is 1. The largest absolute Gasteiger partial charge is 0.416 e. The number of anilines is 3. The Balaban J connectivity index is 1.56. The van der Waals surface area contributed by atoms with Crippen molar-refractivity contribution in [3.8, 4) is 0 Å².